The molecule has 3 N–H and O–H groups in total. The summed E-state index contributed by atoms with van der Waals surface area (Å²) in [4.78, 5) is 34.1. The number of carboxylic acids is 2. The van der Waals surface area contributed by atoms with Gasteiger partial charge in [-0.25, -0.2) is 9.59 Å². The van der Waals surface area contributed by atoms with Gasteiger partial charge in [0, 0.05) is 54.4 Å². The minimum absolute atomic E-state index is 0.0690. The Morgan fingerprint density at radius 3 is 2.28 bits per heavy atom. The van der Waals surface area contributed by atoms with Crippen molar-refractivity contribution >= 4 is 28.7 Å². The average molecular weight is 399 g/mol. The second-order valence-corrected chi connectivity index (χ2v) is 7.43. The number of carboxylic acid groups (broad SMARTS) is 2. The highest BCUT2D eigenvalue weighted by molar-refractivity contribution is 5.98. The second-order valence-electron chi connectivity index (χ2n) is 7.43. The molecule has 0 radical (unpaired) electrons. The van der Waals surface area contributed by atoms with Gasteiger partial charge in [0.2, 0.25) is 0 Å². The summed E-state index contributed by atoms with van der Waals surface area (Å²) in [7, 11) is 2.02. The molecule has 3 saturated heterocycles. The number of hydrogen-bond donors (Lipinski definition) is 3. The van der Waals surface area contributed by atoms with Gasteiger partial charge in [-0.3, -0.25) is 4.79 Å². The van der Waals surface area contributed by atoms with Crippen LogP contribution in [0.4, 0.5) is 0 Å². The quantitative estimate of drug-likeness (QED) is 0.675. The maximum Gasteiger partial charge on any atom is 0.328 e. The Kier molecular flexibility index (Phi) is 6.33. The first-order valence-electron chi connectivity index (χ1n) is 9.55. The number of nitrogens with zero attached hydrogens (tertiary/aromatic N) is 2. The monoisotopic (exact) mass is 399 g/mol. The number of benzene rings is 1. The van der Waals surface area contributed by atoms with Gasteiger partial charge in [-0.2, -0.15) is 0 Å². The summed E-state index contributed by atoms with van der Waals surface area (Å²) in [5.41, 5.74) is 1.93. The van der Waals surface area contributed by atoms with Gasteiger partial charge < -0.3 is 25.0 Å². The van der Waals surface area contributed by atoms with Crippen molar-refractivity contribution in [3.63, 3.8) is 0 Å². The van der Waals surface area contributed by atoms with Crippen LogP contribution < -0.4 is 5.32 Å². The summed E-state index contributed by atoms with van der Waals surface area (Å²) in [6.45, 7) is 3.42. The highest BCUT2D eigenvalue weighted by Crippen LogP contribution is 2.27. The van der Waals surface area contributed by atoms with E-state index in [1.165, 1.54) is 25.9 Å². The fraction of sp³-hybridized carbons (Fsp3) is 0.381. The lowest BCUT2D eigenvalue weighted by molar-refractivity contribution is -0.134. The van der Waals surface area contributed by atoms with Crippen LogP contribution in [0.2, 0.25) is 0 Å². The van der Waals surface area contributed by atoms with Crippen LogP contribution in [0.1, 0.15) is 23.2 Å². The molecule has 0 spiro atoms. The minimum atomic E-state index is -1.26. The van der Waals surface area contributed by atoms with Gasteiger partial charge in [0.15, 0.2) is 0 Å². The Bertz CT molecular complexity index is 925. The van der Waals surface area contributed by atoms with Gasteiger partial charge in [-0.15, -0.1) is 0 Å². The van der Waals surface area contributed by atoms with Crippen LogP contribution in [0.3, 0.4) is 0 Å². The first-order chi connectivity index (χ1) is 13.8. The van der Waals surface area contributed by atoms with Gasteiger partial charge >= 0.3 is 11.9 Å². The Morgan fingerprint density at radius 1 is 1.07 bits per heavy atom. The van der Waals surface area contributed by atoms with Gasteiger partial charge in [0.25, 0.3) is 5.91 Å². The third kappa shape index (κ3) is 5.23. The van der Waals surface area contributed by atoms with Crippen molar-refractivity contribution in [1.82, 2.24) is 14.8 Å². The standard InChI is InChI=1S/C17H21N3O.C4H4O4/c1-19-7-4-13-10-14(2-3-16(13)19)17(21)18-15-11-20-8-5-12(15)6-9-20;5-3(6)1-2-4(7)8/h2-4,7,10,12,15H,5-6,8-9,11H2,1H3,(H,18,21);1-2H,(H,5,6)(H,7,8)/b;2-1+. The smallest absolute Gasteiger partial charge is 0.328 e. The molecular weight excluding hydrogens is 374 g/mol. The summed E-state index contributed by atoms with van der Waals surface area (Å²) in [5.74, 6) is -1.78. The summed E-state index contributed by atoms with van der Waals surface area (Å²) >= 11 is 0. The SMILES string of the molecule is Cn1ccc2cc(C(=O)NC3CN4CCC3CC4)ccc21.O=C(O)/C=C/C(=O)O. The molecule has 1 aromatic carbocycles. The molecule has 1 unspecified atom stereocenters. The van der Waals surface area contributed by atoms with E-state index in [-0.39, 0.29) is 5.91 Å². The molecule has 8 nitrogen and oxygen atoms in total. The summed E-state index contributed by atoms with van der Waals surface area (Å²) in [5, 5.41) is 20.0. The van der Waals surface area contributed by atoms with Crippen molar-refractivity contribution in [2.24, 2.45) is 13.0 Å². The third-order valence-electron chi connectivity index (χ3n) is 5.49. The van der Waals surface area contributed by atoms with Gasteiger partial charge in [0.1, 0.15) is 0 Å². The van der Waals surface area contributed by atoms with E-state index >= 15 is 0 Å². The predicted octanol–water partition coefficient (Wildman–Crippen LogP) is 1.71. The third-order valence-corrected chi connectivity index (χ3v) is 5.49. The average Bonchev–Trinajstić information content (AvgIpc) is 3.08. The first-order valence-corrected chi connectivity index (χ1v) is 9.55. The molecule has 154 valence electrons. The molecule has 5 rings (SSSR count). The Hall–Kier alpha value is -3.13. The van der Waals surface area contributed by atoms with E-state index in [2.05, 4.69) is 20.9 Å². The summed E-state index contributed by atoms with van der Waals surface area (Å²) < 4.78 is 2.07. The number of aliphatic carboxylic acids is 2. The second kappa shape index (κ2) is 8.91. The fourth-order valence-corrected chi connectivity index (χ4v) is 3.95. The van der Waals surface area contributed by atoms with Crippen LogP contribution in [-0.2, 0) is 16.6 Å². The van der Waals surface area contributed by atoms with E-state index in [9.17, 15) is 14.4 Å². The zero-order valence-electron chi connectivity index (χ0n) is 16.2. The van der Waals surface area contributed by atoms with Crippen molar-refractivity contribution in [3.8, 4) is 0 Å². The number of hydrogen-bond acceptors (Lipinski definition) is 4. The highest BCUT2D eigenvalue weighted by Gasteiger charge is 2.34. The van der Waals surface area contributed by atoms with Crippen molar-refractivity contribution < 1.29 is 24.6 Å². The summed E-state index contributed by atoms with van der Waals surface area (Å²) in [6.07, 6.45) is 5.59. The minimum Gasteiger partial charge on any atom is -0.478 e. The lowest BCUT2D eigenvalue weighted by Gasteiger charge is -2.44. The topological polar surface area (TPSA) is 112 Å². The van der Waals surface area contributed by atoms with Crippen LogP contribution >= 0.6 is 0 Å². The zero-order chi connectivity index (χ0) is 21.0. The molecule has 0 aliphatic carbocycles. The molecule has 1 amide bonds. The number of rotatable bonds is 4. The van der Waals surface area contributed by atoms with E-state index in [1.54, 1.807) is 0 Å². The molecule has 0 saturated carbocycles. The molecule has 4 heterocycles. The number of piperidine rings is 3. The van der Waals surface area contributed by atoms with E-state index in [4.69, 9.17) is 10.2 Å². The number of carbonyl (C=O) groups excluding carboxylic acids is 1. The van der Waals surface area contributed by atoms with E-state index in [0.29, 0.717) is 24.1 Å². The Balaban J connectivity index is 0.000000258. The molecule has 29 heavy (non-hydrogen) atoms. The van der Waals surface area contributed by atoms with Crippen molar-refractivity contribution in [1.29, 1.82) is 0 Å². The van der Waals surface area contributed by atoms with Crippen LogP contribution in [0.25, 0.3) is 10.9 Å². The lowest BCUT2D eigenvalue weighted by Crippen LogP contribution is -2.57. The van der Waals surface area contributed by atoms with Crippen molar-refractivity contribution in [2.45, 2.75) is 18.9 Å². The molecule has 2 aromatic rings. The lowest BCUT2D eigenvalue weighted by atomic mass is 9.84. The number of aromatic nitrogens is 1. The molecule has 8 heteroatoms. The number of aryl methyl sites for hydroxylation is 1. The molecule has 3 aliphatic rings. The number of carbonyl (C=O) groups is 3. The molecule has 3 fully saturated rings. The molecular formula is C21H25N3O5. The highest BCUT2D eigenvalue weighted by atomic mass is 16.4. The first kappa shape index (κ1) is 20.6. The largest absolute Gasteiger partial charge is 0.478 e. The van der Waals surface area contributed by atoms with Crippen LogP contribution in [0, 0.1) is 5.92 Å². The summed E-state index contributed by atoms with van der Waals surface area (Å²) in [6, 6.07) is 8.33. The van der Waals surface area contributed by atoms with Gasteiger partial charge in [0.05, 0.1) is 0 Å². The predicted molar refractivity (Wildman–Crippen MR) is 108 cm³/mol. The van der Waals surface area contributed by atoms with Crippen LogP contribution in [0.5, 0.6) is 0 Å². The number of fused-ring (bicyclic) bond motifs is 4. The Labute approximate surface area is 168 Å². The molecule has 2 bridgehead atoms. The number of amides is 1. The van der Waals surface area contributed by atoms with E-state index < -0.39 is 11.9 Å². The molecule has 3 aliphatic heterocycles. The zero-order valence-corrected chi connectivity index (χ0v) is 16.2. The van der Waals surface area contributed by atoms with Gasteiger partial charge in [-0.1, -0.05) is 0 Å². The normalized spacial score (nSPS) is 22.9. The van der Waals surface area contributed by atoms with E-state index in [0.717, 1.165) is 23.0 Å². The van der Waals surface area contributed by atoms with Crippen LogP contribution in [-0.4, -0.2) is 63.2 Å². The maximum absolute atomic E-state index is 12.5. The molecule has 1 atom stereocenters. The Morgan fingerprint density at radius 2 is 1.72 bits per heavy atom. The van der Waals surface area contributed by atoms with Crippen LogP contribution in [0.15, 0.2) is 42.6 Å². The van der Waals surface area contributed by atoms with Gasteiger partial charge in [-0.05, 0) is 56.1 Å². The maximum atomic E-state index is 12.5. The fourth-order valence-electron chi connectivity index (χ4n) is 3.95. The number of nitrogens with one attached hydrogen (secondary N) is 1. The molecule has 1 aromatic heterocycles. The van der Waals surface area contributed by atoms with E-state index in [1.807, 2.05) is 31.4 Å². The van der Waals surface area contributed by atoms with Crippen molar-refractivity contribution in [2.75, 3.05) is 19.6 Å². The van der Waals surface area contributed by atoms with Crippen molar-refractivity contribution in [3.05, 3.63) is 48.2 Å².